The summed E-state index contributed by atoms with van der Waals surface area (Å²) >= 11 is 5.87. The Morgan fingerprint density at radius 3 is 2.43 bits per heavy atom. The van der Waals surface area contributed by atoms with Crippen molar-refractivity contribution in [2.24, 2.45) is 0 Å². The molecule has 0 saturated carbocycles. The lowest BCUT2D eigenvalue weighted by molar-refractivity contribution is -0.119. The number of hydrogen-bond donors (Lipinski definition) is 3. The molecule has 0 aliphatic rings. The number of amides is 2. The number of aromatic hydroxyl groups is 1. The molecule has 0 spiro atoms. The van der Waals surface area contributed by atoms with Crippen molar-refractivity contribution in [2.75, 3.05) is 23.8 Å². The van der Waals surface area contributed by atoms with Gasteiger partial charge in [0.25, 0.3) is 5.91 Å². The Bertz CT molecular complexity index is 900. The number of carbonyl (C=O) groups is 3. The van der Waals surface area contributed by atoms with E-state index in [9.17, 15) is 19.5 Å². The standard InChI is InChI=1S/C19H19ClN2O6/c1-3-27-16-8-12(7-15(20)18(16)25)19(26)28-10-17(24)22-14-6-4-5-13(9-14)21-11(2)23/h4-9,25H,3,10H2,1-2H3,(H,21,23)(H,22,24). The molecule has 0 fully saturated rings. The molecule has 0 bridgehead atoms. The molecule has 9 heteroatoms. The number of phenols is 1. The maximum atomic E-state index is 12.2. The highest BCUT2D eigenvalue weighted by Gasteiger charge is 2.16. The van der Waals surface area contributed by atoms with E-state index in [4.69, 9.17) is 21.1 Å². The zero-order chi connectivity index (χ0) is 20.7. The summed E-state index contributed by atoms with van der Waals surface area (Å²) in [7, 11) is 0. The van der Waals surface area contributed by atoms with Gasteiger partial charge < -0.3 is 25.2 Å². The summed E-state index contributed by atoms with van der Waals surface area (Å²) in [4.78, 5) is 35.2. The predicted octanol–water partition coefficient (Wildman–Crippen LogP) is 3.20. The van der Waals surface area contributed by atoms with Gasteiger partial charge in [-0.1, -0.05) is 17.7 Å². The fourth-order valence-corrected chi connectivity index (χ4v) is 2.46. The summed E-state index contributed by atoms with van der Waals surface area (Å²) in [6.45, 7) is 2.81. The van der Waals surface area contributed by atoms with E-state index in [2.05, 4.69) is 10.6 Å². The number of hydrogen-bond acceptors (Lipinski definition) is 6. The molecule has 3 N–H and O–H groups in total. The monoisotopic (exact) mass is 406 g/mol. The molecule has 0 atom stereocenters. The van der Waals surface area contributed by atoms with E-state index >= 15 is 0 Å². The van der Waals surface area contributed by atoms with Crippen LogP contribution in [0.3, 0.4) is 0 Å². The van der Waals surface area contributed by atoms with Crippen molar-refractivity contribution in [3.8, 4) is 11.5 Å². The van der Waals surface area contributed by atoms with Crippen molar-refractivity contribution in [1.29, 1.82) is 0 Å². The van der Waals surface area contributed by atoms with Crippen LogP contribution in [0, 0.1) is 0 Å². The molecule has 0 aromatic heterocycles. The van der Waals surface area contributed by atoms with Gasteiger partial charge in [0.15, 0.2) is 18.1 Å². The van der Waals surface area contributed by atoms with E-state index in [-0.39, 0.29) is 34.6 Å². The van der Waals surface area contributed by atoms with Gasteiger partial charge in [-0.05, 0) is 37.3 Å². The summed E-state index contributed by atoms with van der Waals surface area (Å²) in [5, 5.41) is 14.9. The van der Waals surface area contributed by atoms with Gasteiger partial charge in [-0.3, -0.25) is 9.59 Å². The normalized spacial score (nSPS) is 10.1. The lowest BCUT2D eigenvalue weighted by atomic mass is 10.2. The van der Waals surface area contributed by atoms with Crippen LogP contribution in [0.5, 0.6) is 11.5 Å². The van der Waals surface area contributed by atoms with Crippen molar-refractivity contribution in [1.82, 2.24) is 0 Å². The van der Waals surface area contributed by atoms with Crippen LogP contribution >= 0.6 is 11.6 Å². The average molecular weight is 407 g/mol. The van der Waals surface area contributed by atoms with Gasteiger partial charge in [0.1, 0.15) is 0 Å². The molecule has 0 aliphatic heterocycles. The number of rotatable bonds is 7. The number of anilines is 2. The second-order valence-corrected chi connectivity index (χ2v) is 6.03. The third kappa shape index (κ3) is 5.88. The molecular weight excluding hydrogens is 388 g/mol. The molecule has 2 amide bonds. The fourth-order valence-electron chi connectivity index (χ4n) is 2.25. The maximum absolute atomic E-state index is 12.2. The Morgan fingerprint density at radius 2 is 1.79 bits per heavy atom. The van der Waals surface area contributed by atoms with Crippen molar-refractivity contribution in [3.63, 3.8) is 0 Å². The number of ether oxygens (including phenoxy) is 2. The molecule has 2 aromatic rings. The van der Waals surface area contributed by atoms with Gasteiger partial charge >= 0.3 is 5.97 Å². The highest BCUT2D eigenvalue weighted by molar-refractivity contribution is 6.32. The van der Waals surface area contributed by atoms with E-state index in [1.165, 1.54) is 19.1 Å². The molecule has 28 heavy (non-hydrogen) atoms. The molecular formula is C19H19ClN2O6. The summed E-state index contributed by atoms with van der Waals surface area (Å²) < 4.78 is 10.2. The van der Waals surface area contributed by atoms with Gasteiger partial charge in [-0.2, -0.15) is 0 Å². The van der Waals surface area contributed by atoms with Crippen LogP contribution in [0.1, 0.15) is 24.2 Å². The summed E-state index contributed by atoms with van der Waals surface area (Å²) in [6.07, 6.45) is 0. The molecule has 8 nitrogen and oxygen atoms in total. The zero-order valence-corrected chi connectivity index (χ0v) is 16.0. The third-order valence-corrected chi connectivity index (χ3v) is 3.65. The smallest absolute Gasteiger partial charge is 0.338 e. The molecule has 0 radical (unpaired) electrons. The van der Waals surface area contributed by atoms with E-state index in [1.54, 1.807) is 31.2 Å². The Balaban J connectivity index is 1.97. The van der Waals surface area contributed by atoms with Gasteiger partial charge in [0.05, 0.1) is 17.2 Å². The first-order chi connectivity index (χ1) is 13.3. The van der Waals surface area contributed by atoms with Crippen LogP contribution in [0.15, 0.2) is 36.4 Å². The van der Waals surface area contributed by atoms with Gasteiger partial charge in [0, 0.05) is 18.3 Å². The van der Waals surface area contributed by atoms with Crippen molar-refractivity contribution >= 4 is 40.8 Å². The summed E-state index contributed by atoms with van der Waals surface area (Å²) in [6, 6.07) is 9.01. The van der Waals surface area contributed by atoms with E-state index < -0.39 is 18.5 Å². The van der Waals surface area contributed by atoms with E-state index in [0.717, 1.165) is 0 Å². The van der Waals surface area contributed by atoms with Crippen LogP contribution in [0.4, 0.5) is 11.4 Å². The van der Waals surface area contributed by atoms with Crippen LogP contribution in [0.25, 0.3) is 0 Å². The second-order valence-electron chi connectivity index (χ2n) is 5.62. The Morgan fingerprint density at radius 1 is 1.11 bits per heavy atom. The first kappa shape index (κ1) is 21.0. The number of phenolic OH excluding ortho intramolecular Hbond substituents is 1. The largest absolute Gasteiger partial charge is 0.503 e. The number of carbonyl (C=O) groups excluding carboxylic acids is 3. The van der Waals surface area contributed by atoms with Crippen LogP contribution in [-0.2, 0) is 14.3 Å². The lowest BCUT2D eigenvalue weighted by Crippen LogP contribution is -2.21. The maximum Gasteiger partial charge on any atom is 0.338 e. The topological polar surface area (TPSA) is 114 Å². The number of halogens is 1. The average Bonchev–Trinajstić information content (AvgIpc) is 2.63. The van der Waals surface area contributed by atoms with Gasteiger partial charge in [0.2, 0.25) is 5.91 Å². The molecule has 148 valence electrons. The van der Waals surface area contributed by atoms with Gasteiger partial charge in [-0.15, -0.1) is 0 Å². The lowest BCUT2D eigenvalue weighted by Gasteiger charge is -2.11. The van der Waals surface area contributed by atoms with Crippen LogP contribution in [-0.4, -0.2) is 36.1 Å². The minimum absolute atomic E-state index is 0.0340. The third-order valence-electron chi connectivity index (χ3n) is 3.37. The second kappa shape index (κ2) is 9.61. The highest BCUT2D eigenvalue weighted by atomic mass is 35.5. The molecule has 0 aliphatic carbocycles. The molecule has 2 aromatic carbocycles. The van der Waals surface area contributed by atoms with Crippen molar-refractivity contribution in [3.05, 3.63) is 47.0 Å². The highest BCUT2D eigenvalue weighted by Crippen LogP contribution is 2.35. The Kier molecular flexibility index (Phi) is 7.22. The zero-order valence-electron chi connectivity index (χ0n) is 15.2. The van der Waals surface area contributed by atoms with Crippen molar-refractivity contribution in [2.45, 2.75) is 13.8 Å². The Hall–Kier alpha value is -3.26. The van der Waals surface area contributed by atoms with Crippen LogP contribution in [0.2, 0.25) is 5.02 Å². The minimum Gasteiger partial charge on any atom is -0.503 e. The van der Waals surface area contributed by atoms with E-state index in [0.29, 0.717) is 11.4 Å². The predicted molar refractivity (Wildman–Crippen MR) is 104 cm³/mol. The quantitative estimate of drug-likeness (QED) is 0.608. The number of benzene rings is 2. The molecule has 0 unspecified atom stereocenters. The first-order valence-corrected chi connectivity index (χ1v) is 8.68. The Labute approximate surface area is 166 Å². The minimum atomic E-state index is -0.801. The SMILES string of the molecule is CCOc1cc(C(=O)OCC(=O)Nc2cccc(NC(C)=O)c2)cc(Cl)c1O. The first-order valence-electron chi connectivity index (χ1n) is 8.30. The summed E-state index contributed by atoms with van der Waals surface area (Å²) in [5.41, 5.74) is 0.981. The number of esters is 1. The van der Waals surface area contributed by atoms with Crippen LogP contribution < -0.4 is 15.4 Å². The summed E-state index contributed by atoms with van der Waals surface area (Å²) in [5.74, 6) is -1.84. The fraction of sp³-hybridized carbons (Fsp3) is 0.211. The number of nitrogens with one attached hydrogen (secondary N) is 2. The van der Waals surface area contributed by atoms with Crippen molar-refractivity contribution < 1.29 is 29.0 Å². The van der Waals surface area contributed by atoms with E-state index in [1.807, 2.05) is 0 Å². The molecule has 0 saturated heterocycles. The molecule has 0 heterocycles. The molecule has 2 rings (SSSR count). The van der Waals surface area contributed by atoms with Gasteiger partial charge in [-0.25, -0.2) is 4.79 Å².